The second-order valence-corrected chi connectivity index (χ2v) is 4.68. The summed E-state index contributed by atoms with van der Waals surface area (Å²) in [5.74, 6) is 0.533. The van der Waals surface area contributed by atoms with Crippen molar-refractivity contribution >= 4 is 5.82 Å². The van der Waals surface area contributed by atoms with E-state index in [2.05, 4.69) is 20.5 Å². The lowest BCUT2D eigenvalue weighted by Crippen LogP contribution is -2.15. The molecule has 2 heterocycles. The van der Waals surface area contributed by atoms with Gasteiger partial charge in [-0.1, -0.05) is 6.92 Å². The van der Waals surface area contributed by atoms with Crippen molar-refractivity contribution in [2.24, 2.45) is 0 Å². The van der Waals surface area contributed by atoms with E-state index in [1.165, 1.54) is 6.07 Å². The summed E-state index contributed by atoms with van der Waals surface area (Å²) in [5, 5.41) is 10.9. The van der Waals surface area contributed by atoms with E-state index in [0.29, 0.717) is 5.82 Å². The van der Waals surface area contributed by atoms with E-state index in [4.69, 9.17) is 0 Å². The van der Waals surface area contributed by atoms with Gasteiger partial charge in [0, 0.05) is 24.0 Å². The molecule has 2 aromatic rings. The van der Waals surface area contributed by atoms with Crippen LogP contribution in [-0.2, 0) is 6.18 Å². The molecular weight excluding hydrogens is 281 g/mol. The first-order valence-electron chi connectivity index (χ1n) is 6.53. The lowest BCUT2D eigenvalue weighted by molar-refractivity contribution is -0.137. The first-order chi connectivity index (χ1) is 9.91. The summed E-state index contributed by atoms with van der Waals surface area (Å²) >= 11 is 0. The van der Waals surface area contributed by atoms with Crippen LogP contribution >= 0.6 is 0 Å². The number of aromatic nitrogens is 3. The lowest BCUT2D eigenvalue weighted by Gasteiger charge is -2.13. The Morgan fingerprint density at radius 3 is 2.52 bits per heavy atom. The van der Waals surface area contributed by atoms with Gasteiger partial charge in [-0.3, -0.25) is 4.98 Å². The summed E-state index contributed by atoms with van der Waals surface area (Å²) in [4.78, 5) is 3.74. The smallest absolute Gasteiger partial charge is 0.366 e. The van der Waals surface area contributed by atoms with Crippen LogP contribution in [-0.4, -0.2) is 21.2 Å². The Hall–Kier alpha value is -2.18. The molecule has 21 heavy (non-hydrogen) atoms. The number of alkyl halides is 3. The Kier molecular flexibility index (Phi) is 4.40. The summed E-state index contributed by atoms with van der Waals surface area (Å²) in [7, 11) is 0. The predicted octanol–water partition coefficient (Wildman–Crippen LogP) is 3.77. The molecule has 0 aliphatic rings. The van der Waals surface area contributed by atoms with Gasteiger partial charge in [-0.25, -0.2) is 0 Å². The van der Waals surface area contributed by atoms with Gasteiger partial charge in [0.25, 0.3) is 0 Å². The SMILES string of the molecule is CC[C@@H](C)Nc1ccc(-c2cnccc2C(F)(F)F)nn1. The van der Waals surface area contributed by atoms with Gasteiger partial charge in [0.15, 0.2) is 0 Å². The van der Waals surface area contributed by atoms with E-state index < -0.39 is 11.7 Å². The van der Waals surface area contributed by atoms with Gasteiger partial charge < -0.3 is 5.32 Å². The molecule has 0 aliphatic carbocycles. The number of nitrogens with one attached hydrogen (secondary N) is 1. The zero-order valence-corrected chi connectivity index (χ0v) is 11.6. The quantitative estimate of drug-likeness (QED) is 0.933. The number of hydrogen-bond acceptors (Lipinski definition) is 4. The predicted molar refractivity (Wildman–Crippen MR) is 73.6 cm³/mol. The topological polar surface area (TPSA) is 50.7 Å². The van der Waals surface area contributed by atoms with E-state index in [0.717, 1.165) is 24.9 Å². The minimum Gasteiger partial charge on any atom is -0.366 e. The number of halogens is 3. The molecule has 112 valence electrons. The molecule has 1 atom stereocenters. The Labute approximate surface area is 120 Å². The highest BCUT2D eigenvalue weighted by molar-refractivity contribution is 5.63. The highest BCUT2D eigenvalue weighted by Crippen LogP contribution is 2.35. The van der Waals surface area contributed by atoms with Crippen molar-refractivity contribution in [1.29, 1.82) is 0 Å². The van der Waals surface area contributed by atoms with Gasteiger partial charge in [-0.15, -0.1) is 10.2 Å². The minimum atomic E-state index is -4.45. The van der Waals surface area contributed by atoms with Crippen LogP contribution in [0.1, 0.15) is 25.8 Å². The fourth-order valence-corrected chi connectivity index (χ4v) is 1.75. The van der Waals surface area contributed by atoms with Crippen LogP contribution in [0.15, 0.2) is 30.6 Å². The van der Waals surface area contributed by atoms with Crippen LogP contribution in [0.5, 0.6) is 0 Å². The lowest BCUT2D eigenvalue weighted by atomic mass is 10.1. The molecule has 0 unspecified atom stereocenters. The minimum absolute atomic E-state index is 0.0763. The maximum Gasteiger partial charge on any atom is 0.417 e. The van der Waals surface area contributed by atoms with Gasteiger partial charge >= 0.3 is 6.18 Å². The van der Waals surface area contributed by atoms with Gasteiger partial charge in [0.1, 0.15) is 5.82 Å². The normalized spacial score (nSPS) is 13.0. The maximum absolute atomic E-state index is 12.9. The van der Waals surface area contributed by atoms with Crippen LogP contribution in [0.2, 0.25) is 0 Å². The molecule has 7 heteroatoms. The van der Waals surface area contributed by atoms with Crippen molar-refractivity contribution in [2.75, 3.05) is 5.32 Å². The average Bonchev–Trinajstić information content (AvgIpc) is 2.47. The van der Waals surface area contributed by atoms with Crippen LogP contribution < -0.4 is 5.32 Å². The van der Waals surface area contributed by atoms with E-state index in [9.17, 15) is 13.2 Å². The third kappa shape index (κ3) is 3.68. The van der Waals surface area contributed by atoms with Crippen LogP contribution in [0.25, 0.3) is 11.3 Å². The summed E-state index contributed by atoms with van der Waals surface area (Å²) in [6, 6.07) is 4.27. The highest BCUT2D eigenvalue weighted by Gasteiger charge is 2.34. The maximum atomic E-state index is 12.9. The molecule has 2 rings (SSSR count). The van der Waals surface area contributed by atoms with Crippen molar-refractivity contribution in [3.63, 3.8) is 0 Å². The first-order valence-corrected chi connectivity index (χ1v) is 6.53. The van der Waals surface area contributed by atoms with Crippen LogP contribution in [0.4, 0.5) is 19.0 Å². The zero-order valence-electron chi connectivity index (χ0n) is 11.6. The molecule has 0 bridgehead atoms. The fraction of sp³-hybridized carbons (Fsp3) is 0.357. The molecule has 0 saturated carbocycles. The van der Waals surface area contributed by atoms with Crippen molar-refractivity contribution in [1.82, 2.24) is 15.2 Å². The van der Waals surface area contributed by atoms with Gasteiger partial charge in [0.2, 0.25) is 0 Å². The molecule has 0 saturated heterocycles. The molecule has 2 aromatic heterocycles. The average molecular weight is 296 g/mol. The Morgan fingerprint density at radius 1 is 1.19 bits per heavy atom. The molecule has 0 radical (unpaired) electrons. The largest absolute Gasteiger partial charge is 0.417 e. The molecule has 0 fully saturated rings. The number of anilines is 1. The Bertz CT molecular complexity index is 596. The molecule has 1 N–H and O–H groups in total. The third-order valence-corrected chi connectivity index (χ3v) is 3.07. The van der Waals surface area contributed by atoms with E-state index in [1.54, 1.807) is 6.07 Å². The number of rotatable bonds is 4. The number of hydrogen-bond donors (Lipinski definition) is 1. The molecule has 0 amide bonds. The summed E-state index contributed by atoms with van der Waals surface area (Å²) in [6.07, 6.45) is -1.29. The molecule has 0 aromatic carbocycles. The molecule has 0 aliphatic heterocycles. The number of pyridine rings is 1. The van der Waals surface area contributed by atoms with Crippen molar-refractivity contribution < 1.29 is 13.2 Å². The summed E-state index contributed by atoms with van der Waals surface area (Å²) in [6.45, 7) is 4.00. The van der Waals surface area contributed by atoms with Crippen LogP contribution in [0.3, 0.4) is 0 Å². The molecular formula is C14H15F3N4. The summed E-state index contributed by atoms with van der Waals surface area (Å²) < 4.78 is 38.8. The van der Waals surface area contributed by atoms with E-state index in [1.807, 2.05) is 13.8 Å². The van der Waals surface area contributed by atoms with E-state index in [-0.39, 0.29) is 17.3 Å². The molecule has 0 spiro atoms. The monoisotopic (exact) mass is 296 g/mol. The van der Waals surface area contributed by atoms with Gasteiger partial charge in [0.05, 0.1) is 11.3 Å². The van der Waals surface area contributed by atoms with Crippen LogP contribution in [0, 0.1) is 0 Å². The third-order valence-electron chi connectivity index (χ3n) is 3.07. The highest BCUT2D eigenvalue weighted by atomic mass is 19.4. The first kappa shape index (κ1) is 15.2. The molecule has 4 nitrogen and oxygen atoms in total. The van der Waals surface area contributed by atoms with Crippen molar-refractivity contribution in [3.8, 4) is 11.3 Å². The zero-order chi connectivity index (χ0) is 15.5. The summed E-state index contributed by atoms with van der Waals surface area (Å²) in [5.41, 5.74) is -0.702. The standard InChI is InChI=1S/C14H15F3N4/c1-3-9(2)19-13-5-4-12(20-21-13)10-8-18-7-6-11(10)14(15,16)17/h4-9H,3H2,1-2H3,(H,19,21)/t9-/m1/s1. The Balaban J connectivity index is 2.31. The second kappa shape index (κ2) is 6.07. The van der Waals surface area contributed by atoms with E-state index >= 15 is 0 Å². The van der Waals surface area contributed by atoms with Gasteiger partial charge in [-0.2, -0.15) is 13.2 Å². The second-order valence-electron chi connectivity index (χ2n) is 4.68. The van der Waals surface area contributed by atoms with Gasteiger partial charge in [-0.05, 0) is 31.5 Å². The fourth-order valence-electron chi connectivity index (χ4n) is 1.75. The van der Waals surface area contributed by atoms with Crippen molar-refractivity contribution in [3.05, 3.63) is 36.2 Å². The number of nitrogens with zero attached hydrogens (tertiary/aromatic N) is 3. The Morgan fingerprint density at radius 2 is 1.95 bits per heavy atom. The van der Waals surface area contributed by atoms with Crippen molar-refractivity contribution in [2.45, 2.75) is 32.5 Å².